The molecule has 6 atom stereocenters. The number of unbranched alkanes of at least 4 members (excludes halogenated alkanes) is 1. The molecule has 1 aliphatic rings. The van der Waals surface area contributed by atoms with Gasteiger partial charge in [0.25, 0.3) is 0 Å². The van der Waals surface area contributed by atoms with Crippen LogP contribution in [-0.2, 0) is 30.3 Å². The summed E-state index contributed by atoms with van der Waals surface area (Å²) >= 11 is 0. The number of carbonyl (C=O) groups is 4. The lowest BCUT2D eigenvalue weighted by Crippen LogP contribution is -2.55. The van der Waals surface area contributed by atoms with E-state index in [-0.39, 0.29) is 30.6 Å². The first-order chi connectivity index (χ1) is 16.7. The Morgan fingerprint density at radius 1 is 1.00 bits per heavy atom. The molecule has 1 aromatic rings. The number of pyridine rings is 1. The van der Waals surface area contributed by atoms with Crippen LogP contribution < -0.4 is 16.0 Å². The highest BCUT2D eigenvalue weighted by Gasteiger charge is 2.35. The number of esters is 1. The van der Waals surface area contributed by atoms with Gasteiger partial charge in [0.1, 0.15) is 24.2 Å². The van der Waals surface area contributed by atoms with Crippen molar-refractivity contribution in [2.45, 2.75) is 97.4 Å². The van der Waals surface area contributed by atoms with E-state index in [0.29, 0.717) is 6.42 Å². The maximum absolute atomic E-state index is 13.2. The zero-order valence-electron chi connectivity index (χ0n) is 21.5. The van der Waals surface area contributed by atoms with Crippen LogP contribution in [0.25, 0.3) is 0 Å². The minimum atomic E-state index is -0.904. The van der Waals surface area contributed by atoms with Crippen molar-refractivity contribution < 1.29 is 23.9 Å². The van der Waals surface area contributed by atoms with Crippen LogP contribution in [0, 0.1) is 11.8 Å². The van der Waals surface area contributed by atoms with Crippen LogP contribution >= 0.6 is 0 Å². The molecule has 1 aromatic heterocycles. The Balaban J connectivity index is 2.37. The Morgan fingerprint density at radius 3 is 2.31 bits per heavy atom. The average molecular weight is 489 g/mol. The molecule has 2 heterocycles. The van der Waals surface area contributed by atoms with Gasteiger partial charge >= 0.3 is 5.97 Å². The van der Waals surface area contributed by atoms with Gasteiger partial charge in [-0.1, -0.05) is 47.0 Å². The van der Waals surface area contributed by atoms with Crippen molar-refractivity contribution in [3.05, 3.63) is 30.1 Å². The summed E-state index contributed by atoms with van der Waals surface area (Å²) in [5, 5.41) is 8.24. The average Bonchev–Trinajstić information content (AvgIpc) is 2.84. The van der Waals surface area contributed by atoms with E-state index in [9.17, 15) is 19.2 Å². The quantitative estimate of drug-likeness (QED) is 0.482. The number of nitrogens with one attached hydrogen (secondary N) is 3. The number of rotatable bonds is 8. The second-order valence-electron chi connectivity index (χ2n) is 9.58. The second-order valence-corrected chi connectivity index (χ2v) is 9.58. The predicted molar refractivity (Wildman–Crippen MR) is 132 cm³/mol. The number of nitrogens with zero attached hydrogens (tertiary/aromatic N) is 1. The molecular formula is C26H40N4O5. The zero-order chi connectivity index (χ0) is 26.0. The van der Waals surface area contributed by atoms with Gasteiger partial charge in [0, 0.05) is 18.8 Å². The molecule has 0 aromatic carbocycles. The molecule has 194 valence electrons. The van der Waals surface area contributed by atoms with Crippen LogP contribution in [0.1, 0.15) is 72.3 Å². The lowest BCUT2D eigenvalue weighted by Gasteiger charge is -2.29. The van der Waals surface area contributed by atoms with Crippen molar-refractivity contribution in [3.8, 4) is 0 Å². The maximum atomic E-state index is 13.2. The molecule has 35 heavy (non-hydrogen) atoms. The van der Waals surface area contributed by atoms with Crippen molar-refractivity contribution in [2.75, 3.05) is 0 Å². The monoisotopic (exact) mass is 488 g/mol. The van der Waals surface area contributed by atoms with Gasteiger partial charge in [-0.2, -0.15) is 0 Å². The van der Waals surface area contributed by atoms with E-state index in [4.69, 9.17) is 4.74 Å². The lowest BCUT2D eigenvalue weighted by molar-refractivity contribution is -0.158. The summed E-state index contributed by atoms with van der Waals surface area (Å²) in [5.41, 5.74) is 0.818. The molecule has 1 fully saturated rings. The van der Waals surface area contributed by atoms with Gasteiger partial charge in [0.05, 0.1) is 6.42 Å². The van der Waals surface area contributed by atoms with Crippen LogP contribution in [0.5, 0.6) is 0 Å². The van der Waals surface area contributed by atoms with Gasteiger partial charge in [-0.05, 0) is 42.9 Å². The molecule has 0 bridgehead atoms. The fourth-order valence-corrected chi connectivity index (χ4v) is 4.02. The molecular weight excluding hydrogens is 448 g/mol. The van der Waals surface area contributed by atoms with Crippen molar-refractivity contribution in [2.24, 2.45) is 11.8 Å². The fourth-order valence-electron chi connectivity index (χ4n) is 4.02. The molecule has 3 amide bonds. The highest BCUT2D eigenvalue weighted by molar-refractivity contribution is 5.94. The van der Waals surface area contributed by atoms with E-state index in [1.54, 1.807) is 31.5 Å². The van der Waals surface area contributed by atoms with Crippen LogP contribution in [0.3, 0.4) is 0 Å². The summed E-state index contributed by atoms with van der Waals surface area (Å²) in [5.74, 6) is -2.13. The standard InChI is InChI=1S/C26H40N4O5/c1-6-8-9-17(4)21-15-22(31)29-20(14-19-10-12-27-13-11-19)25(33)28-18(5)24(32)30-23(16(3)7-2)26(34)35-21/h10-13,16-18,20-21,23H,6-9,14-15H2,1-5H3,(H,28,33)(H,29,31)(H,30,32)/t16-,17-,18-,20-,21-,23+/m0/s1. The number of cyclic esters (lactones) is 1. The third kappa shape index (κ3) is 8.64. The summed E-state index contributed by atoms with van der Waals surface area (Å²) in [6.45, 7) is 9.37. The SMILES string of the molecule is CCCC[C@H](C)[C@@H]1CC(=O)N[C@@H](Cc2ccncc2)C(=O)N[C@@H](C)C(=O)N[C@H]([C@@H](C)CC)C(=O)O1. The van der Waals surface area contributed by atoms with E-state index in [2.05, 4.69) is 27.9 Å². The molecule has 0 aliphatic carbocycles. The number of ether oxygens (including phenoxy) is 1. The first-order valence-electron chi connectivity index (χ1n) is 12.7. The third-order valence-electron chi connectivity index (χ3n) is 6.66. The minimum Gasteiger partial charge on any atom is -0.460 e. The molecule has 0 spiro atoms. The highest BCUT2D eigenvalue weighted by atomic mass is 16.5. The zero-order valence-corrected chi connectivity index (χ0v) is 21.5. The van der Waals surface area contributed by atoms with Crippen LogP contribution in [0.15, 0.2) is 24.5 Å². The van der Waals surface area contributed by atoms with Crippen LogP contribution in [-0.4, -0.2) is 52.9 Å². The van der Waals surface area contributed by atoms with Crippen LogP contribution in [0.2, 0.25) is 0 Å². The number of amides is 3. The molecule has 1 saturated heterocycles. The van der Waals surface area contributed by atoms with Crippen molar-refractivity contribution in [3.63, 3.8) is 0 Å². The van der Waals surface area contributed by atoms with Crippen molar-refractivity contribution >= 4 is 23.7 Å². The Kier molecular flexibility index (Phi) is 11.1. The van der Waals surface area contributed by atoms with Gasteiger partial charge in [0.2, 0.25) is 17.7 Å². The summed E-state index contributed by atoms with van der Waals surface area (Å²) in [6.07, 6.45) is 6.09. The Labute approximate surface area is 208 Å². The fraction of sp³-hybridized carbons (Fsp3) is 0.654. The molecule has 3 N–H and O–H groups in total. The van der Waals surface area contributed by atoms with E-state index < -0.39 is 42.0 Å². The molecule has 2 rings (SSSR count). The second kappa shape index (κ2) is 13.8. The first kappa shape index (κ1) is 28.3. The van der Waals surface area contributed by atoms with E-state index in [1.165, 1.54) is 0 Å². The topological polar surface area (TPSA) is 126 Å². The summed E-state index contributed by atoms with van der Waals surface area (Å²) < 4.78 is 5.86. The molecule has 0 unspecified atom stereocenters. The Morgan fingerprint density at radius 2 is 1.69 bits per heavy atom. The van der Waals surface area contributed by atoms with Gasteiger partial charge < -0.3 is 20.7 Å². The first-order valence-corrected chi connectivity index (χ1v) is 12.7. The molecule has 1 aliphatic heterocycles. The van der Waals surface area contributed by atoms with Gasteiger partial charge in [0.15, 0.2) is 0 Å². The largest absolute Gasteiger partial charge is 0.460 e. The third-order valence-corrected chi connectivity index (χ3v) is 6.66. The molecule has 0 radical (unpaired) electrons. The van der Waals surface area contributed by atoms with E-state index >= 15 is 0 Å². The van der Waals surface area contributed by atoms with E-state index in [0.717, 1.165) is 24.8 Å². The minimum absolute atomic E-state index is 0.0607. The normalized spacial score (nSPS) is 26.1. The van der Waals surface area contributed by atoms with Crippen molar-refractivity contribution in [1.29, 1.82) is 0 Å². The van der Waals surface area contributed by atoms with Gasteiger partial charge in [-0.25, -0.2) is 4.79 Å². The summed E-state index contributed by atoms with van der Waals surface area (Å²) in [6, 6.07) is 0.867. The summed E-state index contributed by atoms with van der Waals surface area (Å²) in [7, 11) is 0. The lowest BCUT2D eigenvalue weighted by atomic mass is 9.94. The molecule has 9 nitrogen and oxygen atoms in total. The predicted octanol–water partition coefficient (Wildman–Crippen LogP) is 2.29. The Bertz CT molecular complexity index is 863. The smallest absolute Gasteiger partial charge is 0.329 e. The van der Waals surface area contributed by atoms with Gasteiger partial charge in [-0.15, -0.1) is 0 Å². The number of carbonyl (C=O) groups excluding carboxylic acids is 4. The van der Waals surface area contributed by atoms with Gasteiger partial charge in [-0.3, -0.25) is 19.4 Å². The number of hydrogen-bond donors (Lipinski definition) is 3. The molecule has 9 heteroatoms. The Hall–Kier alpha value is -2.97. The number of aromatic nitrogens is 1. The molecule has 0 saturated carbocycles. The number of hydrogen-bond acceptors (Lipinski definition) is 6. The maximum Gasteiger partial charge on any atom is 0.329 e. The highest BCUT2D eigenvalue weighted by Crippen LogP contribution is 2.21. The van der Waals surface area contributed by atoms with Crippen molar-refractivity contribution in [1.82, 2.24) is 20.9 Å². The van der Waals surface area contributed by atoms with E-state index in [1.807, 2.05) is 20.8 Å². The van der Waals surface area contributed by atoms with Crippen LogP contribution in [0.4, 0.5) is 0 Å². The summed E-state index contributed by atoms with van der Waals surface area (Å²) in [4.78, 5) is 56.2.